The summed E-state index contributed by atoms with van der Waals surface area (Å²) in [6.07, 6.45) is 1.55. The van der Waals surface area contributed by atoms with E-state index in [0.717, 1.165) is 0 Å². The predicted molar refractivity (Wildman–Crippen MR) is 83.5 cm³/mol. The van der Waals surface area contributed by atoms with Gasteiger partial charge in [0.2, 0.25) is 5.88 Å². The Bertz CT molecular complexity index is 940. The van der Waals surface area contributed by atoms with Crippen molar-refractivity contribution in [2.75, 3.05) is 0 Å². The number of nitriles is 1. The van der Waals surface area contributed by atoms with Gasteiger partial charge in [0.1, 0.15) is 28.2 Å². The van der Waals surface area contributed by atoms with Crippen LogP contribution in [0, 0.1) is 17.1 Å². The smallest absolute Gasteiger partial charge is 0.230 e. The minimum absolute atomic E-state index is 0.00466. The number of rotatable bonds is 3. The van der Waals surface area contributed by atoms with Crippen LogP contribution < -0.4 is 0 Å². The Balaban J connectivity index is 2.06. The van der Waals surface area contributed by atoms with Crippen molar-refractivity contribution in [3.8, 4) is 17.7 Å². The Labute approximate surface area is 135 Å². The number of aromatic nitrogens is 2. The first-order valence-electron chi connectivity index (χ1n) is 6.58. The molecule has 114 valence electrons. The molecule has 0 spiro atoms. The second kappa shape index (κ2) is 6.10. The molecule has 2 aromatic heterocycles. The molecular formula is C16H10FN3O2S. The van der Waals surface area contributed by atoms with Gasteiger partial charge in [-0.05, 0) is 30.3 Å². The van der Waals surface area contributed by atoms with Crippen LogP contribution in [0.2, 0.25) is 0 Å². The molecule has 2 heterocycles. The zero-order valence-electron chi connectivity index (χ0n) is 11.7. The molecule has 0 atom stereocenters. The second-order valence-corrected chi connectivity index (χ2v) is 5.64. The maximum absolute atomic E-state index is 13.5. The summed E-state index contributed by atoms with van der Waals surface area (Å²) in [6, 6.07) is 8.93. The predicted octanol–water partition coefficient (Wildman–Crippen LogP) is 3.34. The van der Waals surface area contributed by atoms with E-state index in [1.165, 1.54) is 36.0 Å². The van der Waals surface area contributed by atoms with Gasteiger partial charge in [0.15, 0.2) is 0 Å². The molecule has 0 aliphatic heterocycles. The summed E-state index contributed by atoms with van der Waals surface area (Å²) in [5.74, 6) is -0.527. The van der Waals surface area contributed by atoms with Gasteiger partial charge in [-0.3, -0.25) is 4.98 Å². The molecule has 0 aliphatic carbocycles. The molecule has 0 radical (unpaired) electrons. The van der Waals surface area contributed by atoms with Gasteiger partial charge in [-0.15, -0.1) is 0 Å². The monoisotopic (exact) mass is 327 g/mol. The largest absolute Gasteiger partial charge is 0.506 e. The Morgan fingerprint density at radius 3 is 2.78 bits per heavy atom. The van der Waals surface area contributed by atoms with Gasteiger partial charge in [0, 0.05) is 22.7 Å². The average molecular weight is 327 g/mol. The molecule has 3 aromatic rings. The SMILES string of the molecule is N#Cc1c(O)nc(SCc2ncccc2O)c2cc(F)ccc12. The molecule has 23 heavy (non-hydrogen) atoms. The quantitative estimate of drug-likeness (QED) is 0.717. The lowest BCUT2D eigenvalue weighted by Gasteiger charge is -2.09. The summed E-state index contributed by atoms with van der Waals surface area (Å²) in [6.45, 7) is 0. The summed E-state index contributed by atoms with van der Waals surface area (Å²) < 4.78 is 13.5. The lowest BCUT2D eigenvalue weighted by Crippen LogP contribution is -1.93. The molecule has 5 nitrogen and oxygen atoms in total. The van der Waals surface area contributed by atoms with Crippen LogP contribution in [-0.2, 0) is 5.75 Å². The zero-order valence-corrected chi connectivity index (χ0v) is 12.5. The average Bonchev–Trinajstić information content (AvgIpc) is 2.54. The van der Waals surface area contributed by atoms with Crippen molar-refractivity contribution in [1.82, 2.24) is 9.97 Å². The number of hydrogen-bond donors (Lipinski definition) is 2. The maximum atomic E-state index is 13.5. The van der Waals surface area contributed by atoms with Crippen LogP contribution in [0.25, 0.3) is 10.8 Å². The van der Waals surface area contributed by atoms with Crippen molar-refractivity contribution >= 4 is 22.5 Å². The number of pyridine rings is 2. The molecule has 2 N–H and O–H groups in total. The Morgan fingerprint density at radius 2 is 2.04 bits per heavy atom. The van der Waals surface area contributed by atoms with E-state index < -0.39 is 11.7 Å². The minimum atomic E-state index is -0.462. The molecule has 0 unspecified atom stereocenters. The molecule has 1 aromatic carbocycles. The summed E-state index contributed by atoms with van der Waals surface area (Å²) in [7, 11) is 0. The third-order valence-electron chi connectivity index (χ3n) is 3.24. The topological polar surface area (TPSA) is 90.0 Å². The van der Waals surface area contributed by atoms with Gasteiger partial charge in [0.25, 0.3) is 0 Å². The van der Waals surface area contributed by atoms with E-state index in [2.05, 4.69) is 9.97 Å². The third-order valence-corrected chi connectivity index (χ3v) is 4.24. The molecule has 0 fully saturated rings. The fourth-order valence-electron chi connectivity index (χ4n) is 2.14. The number of thioether (sulfide) groups is 1. The summed E-state index contributed by atoms with van der Waals surface area (Å²) in [5, 5.41) is 30.0. The van der Waals surface area contributed by atoms with Crippen molar-refractivity contribution in [1.29, 1.82) is 5.26 Å². The number of benzene rings is 1. The van der Waals surface area contributed by atoms with Crippen LogP contribution >= 0.6 is 11.8 Å². The van der Waals surface area contributed by atoms with Gasteiger partial charge in [-0.2, -0.15) is 5.26 Å². The van der Waals surface area contributed by atoms with Gasteiger partial charge < -0.3 is 10.2 Å². The highest BCUT2D eigenvalue weighted by atomic mass is 32.2. The number of halogens is 1. The standard InChI is InChI=1S/C16H10FN3O2S/c17-9-3-4-10-11(6-9)16(20-15(22)12(10)7-18)23-8-13-14(21)2-1-5-19-13/h1-6,21H,8H2,(H,20,22). The van der Waals surface area contributed by atoms with Crippen LogP contribution in [0.4, 0.5) is 4.39 Å². The van der Waals surface area contributed by atoms with Crippen molar-refractivity contribution < 1.29 is 14.6 Å². The van der Waals surface area contributed by atoms with Crippen LogP contribution in [0.5, 0.6) is 11.6 Å². The lowest BCUT2D eigenvalue weighted by atomic mass is 10.1. The number of aromatic hydroxyl groups is 2. The van der Waals surface area contributed by atoms with E-state index in [-0.39, 0.29) is 17.1 Å². The molecule has 0 saturated heterocycles. The molecule has 0 aliphatic rings. The van der Waals surface area contributed by atoms with Gasteiger partial charge in [-0.25, -0.2) is 9.37 Å². The van der Waals surface area contributed by atoms with Gasteiger partial charge in [-0.1, -0.05) is 11.8 Å². The van der Waals surface area contributed by atoms with E-state index >= 15 is 0 Å². The van der Waals surface area contributed by atoms with Crippen LogP contribution in [0.15, 0.2) is 41.6 Å². The van der Waals surface area contributed by atoms with Gasteiger partial charge in [0.05, 0.1) is 5.69 Å². The van der Waals surface area contributed by atoms with Crippen molar-refractivity contribution in [2.45, 2.75) is 10.8 Å². The summed E-state index contributed by atoms with van der Waals surface area (Å²) in [4.78, 5) is 8.04. The van der Waals surface area contributed by atoms with E-state index in [0.29, 0.717) is 21.5 Å². The first-order chi connectivity index (χ1) is 11.1. The fourth-order valence-corrected chi connectivity index (χ4v) is 3.11. The minimum Gasteiger partial charge on any atom is -0.506 e. The highest BCUT2D eigenvalue weighted by Gasteiger charge is 2.15. The molecule has 0 saturated carbocycles. The molecule has 3 rings (SSSR count). The van der Waals surface area contributed by atoms with E-state index in [4.69, 9.17) is 5.26 Å². The summed E-state index contributed by atoms with van der Waals surface area (Å²) >= 11 is 1.19. The van der Waals surface area contributed by atoms with Gasteiger partial charge >= 0.3 is 0 Å². The number of hydrogen-bond acceptors (Lipinski definition) is 6. The molecule has 7 heteroatoms. The molecule has 0 amide bonds. The molecule has 0 bridgehead atoms. The Morgan fingerprint density at radius 1 is 1.22 bits per heavy atom. The highest BCUT2D eigenvalue weighted by Crippen LogP contribution is 2.35. The van der Waals surface area contributed by atoms with Crippen LogP contribution in [-0.4, -0.2) is 20.2 Å². The maximum Gasteiger partial charge on any atom is 0.230 e. The first kappa shape index (κ1) is 15.1. The lowest BCUT2D eigenvalue weighted by molar-refractivity contribution is 0.448. The number of fused-ring (bicyclic) bond motifs is 1. The fraction of sp³-hybridized carbons (Fsp3) is 0.0625. The number of nitrogens with zero attached hydrogens (tertiary/aromatic N) is 3. The van der Waals surface area contributed by atoms with Crippen molar-refractivity contribution in [3.05, 3.63) is 53.6 Å². The summed E-state index contributed by atoms with van der Waals surface area (Å²) in [5.41, 5.74) is 0.456. The zero-order chi connectivity index (χ0) is 16.4. The van der Waals surface area contributed by atoms with E-state index in [1.54, 1.807) is 12.3 Å². The van der Waals surface area contributed by atoms with Crippen molar-refractivity contribution in [2.24, 2.45) is 0 Å². The first-order valence-corrected chi connectivity index (χ1v) is 7.56. The second-order valence-electron chi connectivity index (χ2n) is 4.68. The molecular weight excluding hydrogens is 317 g/mol. The van der Waals surface area contributed by atoms with Crippen LogP contribution in [0.1, 0.15) is 11.3 Å². The van der Waals surface area contributed by atoms with E-state index in [9.17, 15) is 14.6 Å². The highest BCUT2D eigenvalue weighted by molar-refractivity contribution is 7.98. The third kappa shape index (κ3) is 2.89. The van der Waals surface area contributed by atoms with Crippen molar-refractivity contribution in [3.63, 3.8) is 0 Å². The van der Waals surface area contributed by atoms with E-state index in [1.807, 2.05) is 6.07 Å². The normalized spacial score (nSPS) is 10.6. The Kier molecular flexibility index (Phi) is 4.00. The van der Waals surface area contributed by atoms with Crippen LogP contribution in [0.3, 0.4) is 0 Å². The Hall–Kier alpha value is -2.85.